The third kappa shape index (κ3) is 6.06. The highest BCUT2D eigenvalue weighted by Crippen LogP contribution is 2.30. The van der Waals surface area contributed by atoms with E-state index >= 15 is 0 Å². The summed E-state index contributed by atoms with van der Waals surface area (Å²) < 4.78 is 6.00. The molecule has 2 aromatic carbocycles. The lowest BCUT2D eigenvalue weighted by molar-refractivity contribution is -1.02. The molecule has 28 heavy (non-hydrogen) atoms. The highest BCUT2D eigenvalue weighted by atomic mass is 16.5. The van der Waals surface area contributed by atoms with Gasteiger partial charge in [0, 0.05) is 5.56 Å². The van der Waals surface area contributed by atoms with Crippen molar-refractivity contribution in [1.29, 1.82) is 0 Å². The van der Waals surface area contributed by atoms with Crippen LogP contribution in [0.3, 0.4) is 0 Å². The summed E-state index contributed by atoms with van der Waals surface area (Å²) in [6.07, 6.45) is -0.432. The predicted octanol–water partition coefficient (Wildman–Crippen LogP) is 0.707. The van der Waals surface area contributed by atoms with Crippen LogP contribution < -0.4 is 14.5 Å². The molecule has 4 heteroatoms. The van der Waals surface area contributed by atoms with Crippen LogP contribution in [0.1, 0.15) is 31.9 Å². The summed E-state index contributed by atoms with van der Waals surface area (Å²) >= 11 is 0. The Morgan fingerprint density at radius 2 is 1.50 bits per heavy atom. The Morgan fingerprint density at radius 1 is 0.893 bits per heavy atom. The number of rotatable bonds is 7. The lowest BCUT2D eigenvalue weighted by atomic mass is 9.86. The Labute approximate surface area is 169 Å². The van der Waals surface area contributed by atoms with Gasteiger partial charge in [0.15, 0.2) is 0 Å². The van der Waals surface area contributed by atoms with E-state index in [9.17, 15) is 5.11 Å². The molecular formula is C24H36N2O2+2. The summed E-state index contributed by atoms with van der Waals surface area (Å²) in [5, 5.41) is 10.5. The second kappa shape index (κ2) is 9.55. The predicted molar refractivity (Wildman–Crippen MR) is 113 cm³/mol. The van der Waals surface area contributed by atoms with Gasteiger partial charge < -0.3 is 19.6 Å². The highest BCUT2D eigenvalue weighted by molar-refractivity contribution is 5.38. The highest BCUT2D eigenvalue weighted by Gasteiger charge is 2.25. The minimum absolute atomic E-state index is 0.0324. The molecule has 3 rings (SSSR count). The van der Waals surface area contributed by atoms with Crippen LogP contribution in [0, 0.1) is 0 Å². The van der Waals surface area contributed by atoms with Crippen molar-refractivity contribution in [3.8, 4) is 5.75 Å². The number of para-hydroxylation sites is 1. The van der Waals surface area contributed by atoms with Crippen molar-refractivity contribution in [1.82, 2.24) is 0 Å². The van der Waals surface area contributed by atoms with Crippen LogP contribution in [0.4, 0.5) is 0 Å². The minimum Gasteiger partial charge on any atom is -0.490 e. The van der Waals surface area contributed by atoms with Crippen LogP contribution in [0.25, 0.3) is 0 Å². The molecule has 4 nitrogen and oxygen atoms in total. The van der Waals surface area contributed by atoms with Gasteiger partial charge in [-0.1, -0.05) is 69.3 Å². The number of ether oxygens (including phenoxy) is 1. The molecule has 0 aromatic heterocycles. The molecule has 2 aromatic rings. The zero-order valence-corrected chi connectivity index (χ0v) is 17.6. The van der Waals surface area contributed by atoms with E-state index in [4.69, 9.17) is 4.74 Å². The maximum atomic E-state index is 10.5. The molecule has 152 valence electrons. The molecule has 3 N–H and O–H groups in total. The molecule has 0 amide bonds. The van der Waals surface area contributed by atoms with E-state index in [2.05, 4.69) is 57.2 Å². The average Bonchev–Trinajstić information content (AvgIpc) is 2.68. The smallest absolute Gasteiger partial charge is 0.137 e. The van der Waals surface area contributed by atoms with Gasteiger partial charge in [-0.3, -0.25) is 0 Å². The molecule has 1 aliphatic heterocycles. The summed E-state index contributed by atoms with van der Waals surface area (Å²) in [5.74, 6) is 0.890. The van der Waals surface area contributed by atoms with Crippen molar-refractivity contribution in [2.45, 2.75) is 38.8 Å². The standard InChI is InChI=1S/C24H34N2O2/c1-24(2,3)22-11-7-8-12-23(22)28-19-21(27)18-26-15-13-25(14-16-26)17-20-9-5-4-6-10-20/h4-12,21,27H,13-19H2,1-3H3/p+2/t21-/m1/s1. The monoisotopic (exact) mass is 384 g/mol. The fraction of sp³-hybridized carbons (Fsp3) is 0.500. The number of piperazine rings is 1. The first-order chi connectivity index (χ1) is 13.4. The lowest BCUT2D eigenvalue weighted by Crippen LogP contribution is -3.28. The van der Waals surface area contributed by atoms with Crippen molar-refractivity contribution in [3.63, 3.8) is 0 Å². The zero-order chi connectivity index (χ0) is 20.0. The van der Waals surface area contributed by atoms with Crippen molar-refractivity contribution >= 4 is 0 Å². The maximum absolute atomic E-state index is 10.5. The third-order valence-corrected chi connectivity index (χ3v) is 5.61. The van der Waals surface area contributed by atoms with Crippen molar-refractivity contribution < 1.29 is 19.6 Å². The van der Waals surface area contributed by atoms with Crippen LogP contribution in [0.2, 0.25) is 0 Å². The fourth-order valence-electron chi connectivity index (χ4n) is 4.01. The SMILES string of the molecule is CC(C)(C)c1ccccc1OC[C@H](O)C[NH+]1CC[NH+](Cc2ccccc2)CC1. The minimum atomic E-state index is -0.432. The van der Waals surface area contributed by atoms with Crippen LogP contribution in [0.15, 0.2) is 54.6 Å². The maximum Gasteiger partial charge on any atom is 0.137 e. The number of aliphatic hydroxyl groups excluding tert-OH is 1. The van der Waals surface area contributed by atoms with Crippen molar-refractivity contribution in [3.05, 3.63) is 65.7 Å². The van der Waals surface area contributed by atoms with Crippen LogP contribution in [-0.2, 0) is 12.0 Å². The molecule has 1 fully saturated rings. The molecule has 0 aliphatic carbocycles. The largest absolute Gasteiger partial charge is 0.490 e. The molecule has 0 radical (unpaired) electrons. The molecular weight excluding hydrogens is 348 g/mol. The van der Waals surface area contributed by atoms with E-state index in [1.165, 1.54) is 16.0 Å². The van der Waals surface area contributed by atoms with E-state index in [0.717, 1.165) is 45.0 Å². The Kier molecular flexibility index (Phi) is 7.11. The van der Waals surface area contributed by atoms with Crippen LogP contribution in [0.5, 0.6) is 5.75 Å². The average molecular weight is 385 g/mol. The van der Waals surface area contributed by atoms with E-state index in [1.807, 2.05) is 18.2 Å². The van der Waals surface area contributed by atoms with Gasteiger partial charge in [-0.2, -0.15) is 0 Å². The number of hydrogen-bond donors (Lipinski definition) is 3. The summed E-state index contributed by atoms with van der Waals surface area (Å²) in [6, 6.07) is 18.9. The Morgan fingerprint density at radius 3 is 2.18 bits per heavy atom. The first kappa shape index (κ1) is 20.8. The van der Waals surface area contributed by atoms with Gasteiger partial charge >= 0.3 is 0 Å². The van der Waals surface area contributed by atoms with Gasteiger partial charge in [0.25, 0.3) is 0 Å². The second-order valence-electron chi connectivity index (χ2n) is 9.08. The summed E-state index contributed by atoms with van der Waals surface area (Å²) in [5.41, 5.74) is 2.63. The molecule has 1 heterocycles. The first-order valence-electron chi connectivity index (χ1n) is 10.5. The number of aliphatic hydroxyl groups is 1. The summed E-state index contributed by atoms with van der Waals surface area (Å²) in [7, 11) is 0. The second-order valence-corrected chi connectivity index (χ2v) is 9.08. The number of benzene rings is 2. The molecule has 1 saturated heterocycles. The van der Waals surface area contributed by atoms with Gasteiger partial charge in [-0.05, 0) is 17.0 Å². The third-order valence-electron chi connectivity index (χ3n) is 5.61. The van der Waals surface area contributed by atoms with Crippen molar-refractivity contribution in [2.24, 2.45) is 0 Å². The van der Waals surface area contributed by atoms with Gasteiger partial charge in [0.1, 0.15) is 57.7 Å². The molecule has 0 unspecified atom stereocenters. The summed E-state index contributed by atoms with van der Waals surface area (Å²) in [4.78, 5) is 3.12. The topological polar surface area (TPSA) is 38.3 Å². The molecule has 0 saturated carbocycles. The van der Waals surface area contributed by atoms with Gasteiger partial charge in [0.2, 0.25) is 0 Å². The lowest BCUT2D eigenvalue weighted by Gasteiger charge is -2.31. The molecule has 1 atom stereocenters. The number of hydrogen-bond acceptors (Lipinski definition) is 2. The van der Waals surface area contributed by atoms with E-state index in [-0.39, 0.29) is 5.41 Å². The number of quaternary nitrogens is 2. The van der Waals surface area contributed by atoms with Crippen LogP contribution >= 0.6 is 0 Å². The zero-order valence-electron chi connectivity index (χ0n) is 17.6. The van der Waals surface area contributed by atoms with Crippen LogP contribution in [-0.4, -0.2) is 50.5 Å². The summed E-state index contributed by atoms with van der Waals surface area (Å²) in [6.45, 7) is 13.3. The van der Waals surface area contributed by atoms with Crippen molar-refractivity contribution in [2.75, 3.05) is 39.3 Å². The van der Waals surface area contributed by atoms with Gasteiger partial charge in [-0.25, -0.2) is 0 Å². The van der Waals surface area contributed by atoms with Gasteiger partial charge in [-0.15, -0.1) is 0 Å². The Bertz CT molecular complexity index is 719. The quantitative estimate of drug-likeness (QED) is 0.658. The molecule has 0 bridgehead atoms. The van der Waals surface area contributed by atoms with E-state index in [1.54, 1.807) is 4.90 Å². The first-order valence-corrected chi connectivity index (χ1v) is 10.5. The molecule has 0 spiro atoms. The normalized spacial score (nSPS) is 21.3. The molecule has 1 aliphatic rings. The van der Waals surface area contributed by atoms with E-state index in [0.29, 0.717) is 6.61 Å². The van der Waals surface area contributed by atoms with Gasteiger partial charge in [0.05, 0.1) is 0 Å². The Hall–Kier alpha value is -1.88. The number of nitrogens with one attached hydrogen (secondary N) is 2. The Balaban J connectivity index is 1.42. The van der Waals surface area contributed by atoms with E-state index < -0.39 is 6.10 Å². The fourth-order valence-corrected chi connectivity index (χ4v) is 4.01.